The van der Waals surface area contributed by atoms with Crippen molar-refractivity contribution in [3.8, 4) is 0 Å². The Morgan fingerprint density at radius 3 is 3.15 bits per heavy atom. The number of allylic oxidation sites excluding steroid dienone is 1. The van der Waals surface area contributed by atoms with Gasteiger partial charge in [0.2, 0.25) is 0 Å². The summed E-state index contributed by atoms with van der Waals surface area (Å²) in [5.41, 5.74) is 6.11. The molecule has 0 aliphatic heterocycles. The molecule has 62 valence electrons. The number of rotatable bonds is 0. The van der Waals surface area contributed by atoms with E-state index in [-0.39, 0.29) is 0 Å². The molecule has 0 fully saturated rings. The van der Waals surface area contributed by atoms with Gasteiger partial charge in [0.15, 0.2) is 5.42 Å². The molecule has 0 atom stereocenters. The summed E-state index contributed by atoms with van der Waals surface area (Å²) in [6.45, 7) is 2.06. The van der Waals surface area contributed by atoms with Crippen LogP contribution in [0.1, 0.15) is 5.56 Å². The Kier molecular flexibility index (Phi) is 1.12. The minimum Gasteiger partial charge on any atom is -0.447 e. The quantitative estimate of drug-likeness (QED) is 0.580. The second-order valence-electron chi connectivity index (χ2n) is 3.27. The van der Waals surface area contributed by atoms with E-state index < -0.39 is 0 Å². The van der Waals surface area contributed by atoms with Gasteiger partial charge < -0.3 is 4.42 Å². The van der Waals surface area contributed by atoms with Crippen LogP contribution < -0.4 is 10.6 Å². The van der Waals surface area contributed by atoms with Crippen molar-refractivity contribution in [2.24, 2.45) is 0 Å². The summed E-state index contributed by atoms with van der Waals surface area (Å²) in [6.07, 6.45) is 3.94. The largest absolute Gasteiger partial charge is 0.447 e. The lowest BCUT2D eigenvalue weighted by atomic mass is 10.1. The zero-order chi connectivity index (χ0) is 8.84. The Hall–Kier alpha value is -1.72. The number of hydrogen-bond donors (Lipinski definition) is 0. The molecule has 0 unspecified atom stereocenters. The van der Waals surface area contributed by atoms with Crippen LogP contribution in [0.4, 0.5) is 0 Å². The van der Waals surface area contributed by atoms with Crippen molar-refractivity contribution in [2.75, 3.05) is 0 Å². The number of fused-ring (bicyclic) bond motifs is 3. The van der Waals surface area contributed by atoms with Crippen molar-refractivity contribution in [3.63, 3.8) is 0 Å². The minimum atomic E-state index is 0.865. The van der Waals surface area contributed by atoms with Crippen LogP contribution in [0, 0.1) is 6.92 Å². The SMILES string of the molecule is Cc1cccc2c3c(oc12)=C=CC=3. The topological polar surface area (TPSA) is 13.1 Å². The second-order valence-corrected chi connectivity index (χ2v) is 3.27. The summed E-state index contributed by atoms with van der Waals surface area (Å²) in [4.78, 5) is 0. The average Bonchev–Trinajstić information content (AvgIpc) is 2.65. The lowest BCUT2D eigenvalue weighted by Gasteiger charge is -1.91. The Labute approximate surface area is 75.3 Å². The van der Waals surface area contributed by atoms with Crippen molar-refractivity contribution < 1.29 is 4.42 Å². The maximum absolute atomic E-state index is 5.67. The highest BCUT2D eigenvalue weighted by Gasteiger charge is 2.05. The summed E-state index contributed by atoms with van der Waals surface area (Å²) in [7, 11) is 0. The lowest BCUT2D eigenvalue weighted by molar-refractivity contribution is 0.575. The van der Waals surface area contributed by atoms with Crippen molar-refractivity contribution in [3.05, 3.63) is 40.5 Å². The number of hydrogen-bond acceptors (Lipinski definition) is 1. The normalized spacial score (nSPS) is 12.7. The third-order valence-corrected chi connectivity index (χ3v) is 2.42. The molecule has 1 heteroatoms. The van der Waals surface area contributed by atoms with Gasteiger partial charge in [-0.3, -0.25) is 0 Å². The minimum absolute atomic E-state index is 0.865. The number of furan rings is 1. The first kappa shape index (κ1) is 6.76. The third kappa shape index (κ3) is 0.769. The molecule has 0 saturated heterocycles. The fourth-order valence-corrected chi connectivity index (χ4v) is 1.75. The molecule has 3 rings (SSSR count). The Morgan fingerprint density at radius 2 is 2.23 bits per heavy atom. The molecule has 1 nitrogen and oxygen atoms in total. The molecule has 2 aromatic rings. The molecule has 1 heterocycles. The number of benzene rings is 1. The van der Waals surface area contributed by atoms with E-state index in [4.69, 9.17) is 4.42 Å². The van der Waals surface area contributed by atoms with Crippen LogP contribution in [-0.2, 0) is 0 Å². The highest BCUT2D eigenvalue weighted by molar-refractivity contribution is 5.83. The van der Waals surface area contributed by atoms with Gasteiger partial charge in [0, 0.05) is 10.6 Å². The van der Waals surface area contributed by atoms with E-state index >= 15 is 0 Å². The standard InChI is InChI=1S/C12H8O/c1-8-4-2-6-10-9-5-3-7-11(9)13-12(8)10/h2-6H,1H3. The zero-order valence-electron chi connectivity index (χ0n) is 7.29. The molecule has 0 bridgehead atoms. The van der Waals surface area contributed by atoms with Crippen LogP contribution in [0.2, 0.25) is 0 Å². The monoisotopic (exact) mass is 168 g/mol. The summed E-state index contributed by atoms with van der Waals surface area (Å²) >= 11 is 0. The molecule has 1 aromatic carbocycles. The van der Waals surface area contributed by atoms with E-state index in [0.29, 0.717) is 0 Å². The van der Waals surface area contributed by atoms with Crippen LogP contribution in [-0.4, -0.2) is 0 Å². The molecule has 0 amide bonds. The van der Waals surface area contributed by atoms with Crippen molar-refractivity contribution in [1.29, 1.82) is 0 Å². The predicted molar refractivity (Wildman–Crippen MR) is 52.6 cm³/mol. The maximum Gasteiger partial charge on any atom is 0.177 e. The second kappa shape index (κ2) is 2.15. The Bertz CT molecular complexity index is 638. The van der Waals surface area contributed by atoms with Crippen molar-refractivity contribution >= 4 is 22.8 Å². The molecular weight excluding hydrogens is 160 g/mol. The van der Waals surface area contributed by atoms with Crippen LogP contribution in [0.15, 0.2) is 28.7 Å². The van der Waals surface area contributed by atoms with Gasteiger partial charge in [-0.25, -0.2) is 0 Å². The van der Waals surface area contributed by atoms with Crippen LogP contribution in [0.25, 0.3) is 22.8 Å². The molecule has 13 heavy (non-hydrogen) atoms. The van der Waals surface area contributed by atoms with Gasteiger partial charge in [-0.2, -0.15) is 0 Å². The van der Waals surface area contributed by atoms with E-state index in [1.54, 1.807) is 0 Å². The zero-order valence-corrected chi connectivity index (χ0v) is 7.29. The van der Waals surface area contributed by atoms with Gasteiger partial charge in [-0.15, -0.1) is 0 Å². The number of para-hydroxylation sites is 1. The summed E-state index contributed by atoms with van der Waals surface area (Å²) in [5, 5.41) is 2.36. The smallest absolute Gasteiger partial charge is 0.177 e. The van der Waals surface area contributed by atoms with Crippen LogP contribution in [0.5, 0.6) is 0 Å². The molecular formula is C12H8O. The molecule has 1 aliphatic rings. The van der Waals surface area contributed by atoms with Crippen molar-refractivity contribution in [2.45, 2.75) is 6.92 Å². The highest BCUT2D eigenvalue weighted by Crippen LogP contribution is 2.13. The third-order valence-electron chi connectivity index (χ3n) is 2.42. The predicted octanol–water partition coefficient (Wildman–Crippen LogP) is 1.47. The van der Waals surface area contributed by atoms with Gasteiger partial charge in [-0.1, -0.05) is 23.9 Å². The van der Waals surface area contributed by atoms with Crippen molar-refractivity contribution in [1.82, 2.24) is 0 Å². The van der Waals surface area contributed by atoms with Gasteiger partial charge >= 0.3 is 0 Å². The van der Waals surface area contributed by atoms with E-state index in [0.717, 1.165) is 11.0 Å². The Morgan fingerprint density at radius 1 is 1.31 bits per heavy atom. The summed E-state index contributed by atoms with van der Waals surface area (Å²) in [5.74, 6) is 0. The van der Waals surface area contributed by atoms with E-state index in [1.165, 1.54) is 16.2 Å². The first-order valence-corrected chi connectivity index (χ1v) is 4.31. The van der Waals surface area contributed by atoms with Gasteiger partial charge in [0.1, 0.15) is 5.58 Å². The Balaban J connectivity index is 2.73. The molecule has 0 N–H and O–H groups in total. The maximum atomic E-state index is 5.67. The fourth-order valence-electron chi connectivity index (χ4n) is 1.75. The van der Waals surface area contributed by atoms with Crippen LogP contribution in [0.3, 0.4) is 0 Å². The molecule has 1 aromatic heterocycles. The first-order valence-electron chi connectivity index (χ1n) is 4.31. The van der Waals surface area contributed by atoms with Gasteiger partial charge in [0.05, 0.1) is 0 Å². The lowest BCUT2D eigenvalue weighted by Crippen LogP contribution is -2.15. The van der Waals surface area contributed by atoms with E-state index in [9.17, 15) is 0 Å². The molecule has 0 spiro atoms. The average molecular weight is 168 g/mol. The summed E-state index contributed by atoms with van der Waals surface area (Å²) in [6, 6.07) is 6.20. The first-order chi connectivity index (χ1) is 6.36. The molecule has 0 saturated carbocycles. The highest BCUT2D eigenvalue weighted by atomic mass is 16.3. The fraction of sp³-hybridized carbons (Fsp3) is 0.0833. The molecule has 1 aliphatic carbocycles. The van der Waals surface area contributed by atoms with E-state index in [1.807, 2.05) is 12.2 Å². The van der Waals surface area contributed by atoms with E-state index in [2.05, 4.69) is 30.9 Å². The van der Waals surface area contributed by atoms with Crippen LogP contribution >= 0.6 is 0 Å². The summed E-state index contributed by atoms with van der Waals surface area (Å²) < 4.78 is 5.67. The van der Waals surface area contributed by atoms with Gasteiger partial charge in [0.25, 0.3) is 0 Å². The van der Waals surface area contributed by atoms with Gasteiger partial charge in [-0.05, 0) is 24.6 Å². The number of aryl methyl sites for hydroxylation is 1. The molecule has 0 radical (unpaired) electrons.